The van der Waals surface area contributed by atoms with Gasteiger partial charge in [-0.05, 0) is 32.9 Å². The van der Waals surface area contributed by atoms with Crippen LogP contribution < -0.4 is 0 Å². The summed E-state index contributed by atoms with van der Waals surface area (Å²) in [5, 5.41) is 0.237. The Morgan fingerprint density at radius 3 is 2.53 bits per heavy atom. The Balaban J connectivity index is 2.11. The van der Waals surface area contributed by atoms with E-state index in [2.05, 4.69) is 38.7 Å². The third-order valence-electron chi connectivity index (χ3n) is 4.65. The van der Waals surface area contributed by atoms with Crippen LogP contribution in [0.25, 0.3) is 0 Å². The highest BCUT2D eigenvalue weighted by Gasteiger charge is 2.42. The summed E-state index contributed by atoms with van der Waals surface area (Å²) in [4.78, 5) is 15.9. The molecule has 1 amide bonds. The fourth-order valence-corrected chi connectivity index (χ4v) is 4.54. The lowest BCUT2D eigenvalue weighted by atomic mass is 9.87. The highest BCUT2D eigenvalue weighted by atomic mass is 32.2. The lowest BCUT2D eigenvalue weighted by molar-refractivity contribution is 0.0632. The van der Waals surface area contributed by atoms with Crippen LogP contribution in [0.5, 0.6) is 0 Å². The summed E-state index contributed by atoms with van der Waals surface area (Å²) in [5.74, 6) is 0.601. The van der Waals surface area contributed by atoms with Crippen molar-refractivity contribution in [1.29, 1.82) is 0 Å². The van der Waals surface area contributed by atoms with Crippen molar-refractivity contribution in [2.45, 2.75) is 44.0 Å². The molecule has 0 aromatic heterocycles. The molecule has 0 radical (unpaired) electrons. The van der Waals surface area contributed by atoms with Gasteiger partial charge in [0.15, 0.2) is 0 Å². The predicted molar refractivity (Wildman–Crippen MR) is 79.3 cm³/mol. The van der Waals surface area contributed by atoms with Crippen LogP contribution in [0.1, 0.15) is 38.1 Å². The van der Waals surface area contributed by atoms with Gasteiger partial charge in [0, 0.05) is 10.8 Å². The minimum Gasteiger partial charge on any atom is -0.319 e. The van der Waals surface area contributed by atoms with Gasteiger partial charge in [0.05, 0.1) is 17.0 Å². The van der Waals surface area contributed by atoms with Gasteiger partial charge >= 0.3 is 0 Å². The first-order chi connectivity index (χ1) is 9.02. The summed E-state index contributed by atoms with van der Waals surface area (Å²) in [5.41, 5.74) is 3.64. The quantitative estimate of drug-likeness (QED) is 0.667. The molecule has 0 saturated carbocycles. The summed E-state index contributed by atoms with van der Waals surface area (Å²) < 4.78 is 0. The van der Waals surface area contributed by atoms with Gasteiger partial charge in [-0.1, -0.05) is 42.0 Å². The molecule has 100 valence electrons. The number of amides is 1. The Kier molecular flexibility index (Phi) is 2.97. The lowest BCUT2D eigenvalue weighted by Gasteiger charge is -2.47. The van der Waals surface area contributed by atoms with Gasteiger partial charge in [0.25, 0.3) is 5.91 Å². The van der Waals surface area contributed by atoms with Crippen molar-refractivity contribution in [3.05, 3.63) is 41.0 Å². The highest BCUT2D eigenvalue weighted by molar-refractivity contribution is 8.00. The van der Waals surface area contributed by atoms with E-state index in [-0.39, 0.29) is 17.3 Å². The zero-order valence-electron chi connectivity index (χ0n) is 11.8. The third kappa shape index (κ3) is 1.75. The molecule has 19 heavy (non-hydrogen) atoms. The van der Waals surface area contributed by atoms with E-state index in [1.165, 1.54) is 11.1 Å². The molecule has 0 saturated heterocycles. The standard InChI is InChI=1S/C16H19NOS/c1-9-10(2)12(4)17-15(18)13-7-5-6-8-14(13)19-16(17)11(9)3/h5-8,11-12,16H,1-4H3/t11-,12+,16?/m1/s1. The van der Waals surface area contributed by atoms with Gasteiger partial charge in [-0.25, -0.2) is 0 Å². The number of fused-ring (bicyclic) bond motifs is 2. The van der Waals surface area contributed by atoms with Gasteiger partial charge in [-0.3, -0.25) is 4.79 Å². The Labute approximate surface area is 118 Å². The molecule has 0 fully saturated rings. The molecule has 1 aromatic carbocycles. The van der Waals surface area contributed by atoms with Crippen LogP contribution in [0, 0.1) is 5.92 Å². The number of carbonyl (C=O) groups is 1. The largest absolute Gasteiger partial charge is 0.319 e. The number of rotatable bonds is 0. The van der Waals surface area contributed by atoms with Crippen molar-refractivity contribution in [3.63, 3.8) is 0 Å². The molecule has 2 aliphatic heterocycles. The number of hydrogen-bond acceptors (Lipinski definition) is 2. The first-order valence-electron chi connectivity index (χ1n) is 6.78. The van der Waals surface area contributed by atoms with Crippen LogP contribution in [0.15, 0.2) is 40.3 Å². The van der Waals surface area contributed by atoms with E-state index < -0.39 is 0 Å². The Bertz CT molecular complexity index is 578. The van der Waals surface area contributed by atoms with Crippen molar-refractivity contribution >= 4 is 17.7 Å². The Morgan fingerprint density at radius 1 is 1.11 bits per heavy atom. The minimum atomic E-state index is 0.186. The average molecular weight is 273 g/mol. The first kappa shape index (κ1) is 12.8. The molecule has 3 atom stereocenters. The first-order valence-corrected chi connectivity index (χ1v) is 7.66. The number of benzene rings is 1. The maximum Gasteiger partial charge on any atom is 0.256 e. The van der Waals surface area contributed by atoms with Gasteiger partial charge in [-0.2, -0.15) is 0 Å². The summed E-state index contributed by atoms with van der Waals surface area (Å²) in [7, 11) is 0. The second kappa shape index (κ2) is 4.41. The lowest BCUT2D eigenvalue weighted by Crippen LogP contribution is -2.53. The summed E-state index contributed by atoms with van der Waals surface area (Å²) in [6.45, 7) is 8.74. The summed E-state index contributed by atoms with van der Waals surface area (Å²) in [6, 6.07) is 8.17. The van der Waals surface area contributed by atoms with E-state index in [9.17, 15) is 4.79 Å². The van der Waals surface area contributed by atoms with E-state index in [4.69, 9.17) is 0 Å². The normalized spacial score (nSPS) is 30.2. The number of hydrogen-bond donors (Lipinski definition) is 0. The van der Waals surface area contributed by atoms with Crippen molar-refractivity contribution in [2.24, 2.45) is 5.92 Å². The van der Waals surface area contributed by atoms with E-state index in [1.54, 1.807) is 0 Å². The van der Waals surface area contributed by atoms with Crippen LogP contribution in [-0.4, -0.2) is 22.2 Å². The van der Waals surface area contributed by atoms with Crippen LogP contribution in [-0.2, 0) is 0 Å². The summed E-state index contributed by atoms with van der Waals surface area (Å²) >= 11 is 1.83. The smallest absolute Gasteiger partial charge is 0.256 e. The molecule has 0 bridgehead atoms. The van der Waals surface area contributed by atoms with Crippen LogP contribution >= 0.6 is 11.8 Å². The van der Waals surface area contributed by atoms with E-state index in [0.29, 0.717) is 5.92 Å². The molecule has 0 N–H and O–H groups in total. The molecule has 3 heteroatoms. The molecule has 2 nitrogen and oxygen atoms in total. The molecular weight excluding hydrogens is 254 g/mol. The monoisotopic (exact) mass is 273 g/mol. The van der Waals surface area contributed by atoms with Gasteiger partial charge in [-0.15, -0.1) is 0 Å². The number of thioether (sulfide) groups is 1. The molecule has 2 heterocycles. The molecule has 2 aliphatic rings. The van der Waals surface area contributed by atoms with Crippen LogP contribution in [0.3, 0.4) is 0 Å². The fraction of sp³-hybridized carbons (Fsp3) is 0.438. The summed E-state index contributed by atoms with van der Waals surface area (Å²) in [6.07, 6.45) is 0. The average Bonchev–Trinajstić information content (AvgIpc) is 2.43. The Morgan fingerprint density at radius 2 is 1.79 bits per heavy atom. The van der Waals surface area contributed by atoms with E-state index in [1.807, 2.05) is 30.0 Å². The number of carbonyl (C=O) groups excluding carboxylic acids is 1. The topological polar surface area (TPSA) is 20.3 Å². The maximum atomic E-state index is 12.7. The van der Waals surface area contributed by atoms with Crippen molar-refractivity contribution in [3.8, 4) is 0 Å². The Hall–Kier alpha value is -1.22. The maximum absolute atomic E-state index is 12.7. The second-order valence-corrected chi connectivity index (χ2v) is 6.71. The minimum absolute atomic E-state index is 0.186. The molecule has 0 spiro atoms. The molecular formula is C16H19NOS. The zero-order chi connectivity index (χ0) is 13.7. The second-order valence-electron chi connectivity index (χ2n) is 5.55. The van der Waals surface area contributed by atoms with Gasteiger partial charge in [0.1, 0.15) is 0 Å². The zero-order valence-corrected chi connectivity index (χ0v) is 12.6. The highest BCUT2D eigenvalue weighted by Crippen LogP contribution is 2.45. The van der Waals surface area contributed by atoms with Gasteiger partial charge < -0.3 is 4.90 Å². The predicted octanol–water partition coefficient (Wildman–Crippen LogP) is 3.94. The molecule has 1 unspecified atom stereocenters. The van der Waals surface area contributed by atoms with E-state index >= 15 is 0 Å². The fourth-order valence-electron chi connectivity index (χ4n) is 3.04. The van der Waals surface area contributed by atoms with Crippen LogP contribution in [0.2, 0.25) is 0 Å². The van der Waals surface area contributed by atoms with Crippen molar-refractivity contribution in [1.82, 2.24) is 4.90 Å². The molecule has 1 aromatic rings. The van der Waals surface area contributed by atoms with Crippen molar-refractivity contribution < 1.29 is 4.79 Å². The third-order valence-corrected chi connectivity index (χ3v) is 6.14. The van der Waals surface area contributed by atoms with Crippen LogP contribution in [0.4, 0.5) is 0 Å². The van der Waals surface area contributed by atoms with E-state index in [0.717, 1.165) is 10.5 Å². The SMILES string of the molecule is CC1=C(C)[C@H](C)N2C(=O)c3ccccc3SC2[C@@H]1C. The number of nitrogens with zero attached hydrogens (tertiary/aromatic N) is 1. The van der Waals surface area contributed by atoms with Crippen molar-refractivity contribution in [2.75, 3.05) is 0 Å². The van der Waals surface area contributed by atoms with Gasteiger partial charge in [0.2, 0.25) is 0 Å². The molecule has 3 rings (SSSR count). The molecule has 0 aliphatic carbocycles.